The summed E-state index contributed by atoms with van der Waals surface area (Å²) in [5.74, 6) is -1.17. The van der Waals surface area contributed by atoms with Crippen molar-refractivity contribution in [2.24, 2.45) is 14.1 Å². The highest BCUT2D eigenvalue weighted by molar-refractivity contribution is 5.95. The van der Waals surface area contributed by atoms with Crippen LogP contribution in [0.3, 0.4) is 0 Å². The molecule has 0 fully saturated rings. The molecule has 0 saturated carbocycles. The standard InChI is InChI=1S/C30H23F2N5O2/c1-33-29(38)21-11-8-17(14-23(21)32)18-9-12-25-24(15-18)34-28(20-6-4-5-7-22(20)31)37(25)19-10-13-26-27(16-19)36(3)30(39)35(26)2/h4-16H,1-3H3,(H,33,38). The van der Waals surface area contributed by atoms with Gasteiger partial charge in [-0.3, -0.25) is 18.5 Å². The first kappa shape index (κ1) is 24.3. The molecule has 39 heavy (non-hydrogen) atoms. The summed E-state index contributed by atoms with van der Waals surface area (Å²) in [6, 6.07) is 21.9. The fourth-order valence-electron chi connectivity index (χ4n) is 4.99. The summed E-state index contributed by atoms with van der Waals surface area (Å²) in [7, 11) is 4.87. The summed E-state index contributed by atoms with van der Waals surface area (Å²) in [5, 5.41) is 2.43. The highest BCUT2D eigenvalue weighted by Gasteiger charge is 2.19. The van der Waals surface area contributed by atoms with Gasteiger partial charge in [0.25, 0.3) is 5.91 Å². The molecule has 2 heterocycles. The minimum Gasteiger partial charge on any atom is -0.355 e. The minimum absolute atomic E-state index is 0.0425. The number of imidazole rings is 2. The highest BCUT2D eigenvalue weighted by Crippen LogP contribution is 2.33. The Morgan fingerprint density at radius 2 is 1.49 bits per heavy atom. The number of aryl methyl sites for hydroxylation is 2. The van der Waals surface area contributed by atoms with Crippen molar-refractivity contribution in [1.29, 1.82) is 0 Å². The lowest BCUT2D eigenvalue weighted by Gasteiger charge is -2.11. The number of fused-ring (bicyclic) bond motifs is 2. The molecule has 6 aromatic rings. The average Bonchev–Trinajstić information content (AvgIpc) is 3.43. The lowest BCUT2D eigenvalue weighted by atomic mass is 10.0. The summed E-state index contributed by atoms with van der Waals surface area (Å²) in [5.41, 5.74) is 4.88. The lowest BCUT2D eigenvalue weighted by molar-refractivity contribution is 0.0959. The second-order valence-corrected chi connectivity index (χ2v) is 9.30. The van der Waals surface area contributed by atoms with Gasteiger partial charge in [-0.1, -0.05) is 24.3 Å². The number of hydrogen-bond donors (Lipinski definition) is 1. The molecule has 0 aliphatic carbocycles. The number of nitrogens with zero attached hydrogens (tertiary/aromatic N) is 4. The van der Waals surface area contributed by atoms with Crippen molar-refractivity contribution in [3.63, 3.8) is 0 Å². The Morgan fingerprint density at radius 1 is 0.795 bits per heavy atom. The van der Waals surface area contributed by atoms with Crippen molar-refractivity contribution in [2.75, 3.05) is 7.05 Å². The molecule has 194 valence electrons. The normalized spacial score (nSPS) is 11.4. The minimum atomic E-state index is -0.633. The monoisotopic (exact) mass is 523 g/mol. The molecule has 1 amide bonds. The largest absolute Gasteiger partial charge is 0.355 e. The zero-order valence-corrected chi connectivity index (χ0v) is 21.4. The maximum absolute atomic E-state index is 15.0. The Labute approximate surface area is 221 Å². The van der Waals surface area contributed by atoms with Crippen LogP contribution in [-0.2, 0) is 14.1 Å². The molecule has 0 spiro atoms. The number of carbonyl (C=O) groups excluding carboxylic acids is 1. The first-order chi connectivity index (χ1) is 18.8. The van der Waals surface area contributed by atoms with E-state index in [2.05, 4.69) is 5.32 Å². The van der Waals surface area contributed by atoms with Gasteiger partial charge in [0, 0.05) is 26.8 Å². The van der Waals surface area contributed by atoms with E-state index in [9.17, 15) is 14.0 Å². The van der Waals surface area contributed by atoms with Gasteiger partial charge in [0.2, 0.25) is 0 Å². The molecule has 0 unspecified atom stereocenters. The smallest absolute Gasteiger partial charge is 0.328 e. The first-order valence-corrected chi connectivity index (χ1v) is 12.2. The van der Waals surface area contributed by atoms with Gasteiger partial charge >= 0.3 is 5.69 Å². The van der Waals surface area contributed by atoms with E-state index in [4.69, 9.17) is 4.98 Å². The number of aromatic nitrogens is 4. The van der Waals surface area contributed by atoms with Crippen molar-refractivity contribution >= 4 is 28.0 Å². The molecule has 4 aromatic carbocycles. The predicted molar refractivity (Wildman–Crippen MR) is 147 cm³/mol. The van der Waals surface area contributed by atoms with Crippen LogP contribution in [0.25, 0.3) is 50.3 Å². The van der Waals surface area contributed by atoms with Crippen molar-refractivity contribution < 1.29 is 13.6 Å². The van der Waals surface area contributed by atoms with Crippen LogP contribution in [0.15, 0.2) is 83.7 Å². The molecule has 9 heteroatoms. The quantitative estimate of drug-likeness (QED) is 0.346. The summed E-state index contributed by atoms with van der Waals surface area (Å²) in [4.78, 5) is 29.2. The Balaban J connectivity index is 1.58. The predicted octanol–water partition coefficient (Wildman–Crippen LogP) is 5.19. The van der Waals surface area contributed by atoms with Crippen LogP contribution in [0.4, 0.5) is 8.78 Å². The van der Waals surface area contributed by atoms with Gasteiger partial charge in [-0.05, 0) is 65.7 Å². The van der Waals surface area contributed by atoms with E-state index in [1.165, 1.54) is 25.2 Å². The van der Waals surface area contributed by atoms with E-state index in [0.29, 0.717) is 39.2 Å². The van der Waals surface area contributed by atoms with Crippen molar-refractivity contribution in [3.05, 3.63) is 107 Å². The van der Waals surface area contributed by atoms with Crippen LogP contribution in [0.5, 0.6) is 0 Å². The number of halogens is 2. The fraction of sp³-hybridized carbons (Fsp3) is 0.100. The zero-order valence-electron chi connectivity index (χ0n) is 21.4. The molecule has 0 aliphatic heterocycles. The molecule has 0 aliphatic rings. The highest BCUT2D eigenvalue weighted by atomic mass is 19.1. The van der Waals surface area contributed by atoms with Gasteiger partial charge in [-0.25, -0.2) is 18.6 Å². The van der Waals surface area contributed by atoms with E-state index in [-0.39, 0.29) is 11.3 Å². The SMILES string of the molecule is CNC(=O)c1ccc(-c2ccc3c(c2)nc(-c2ccccc2F)n3-c2ccc3c(c2)n(C)c(=O)n3C)cc1F. The third kappa shape index (κ3) is 3.82. The second-order valence-electron chi connectivity index (χ2n) is 9.30. The fourth-order valence-corrected chi connectivity index (χ4v) is 4.99. The van der Waals surface area contributed by atoms with E-state index in [0.717, 1.165) is 11.0 Å². The lowest BCUT2D eigenvalue weighted by Crippen LogP contribution is -2.19. The molecule has 1 N–H and O–H groups in total. The third-order valence-electron chi connectivity index (χ3n) is 7.06. The summed E-state index contributed by atoms with van der Waals surface area (Å²) in [6.45, 7) is 0. The van der Waals surface area contributed by atoms with Gasteiger partial charge in [0.15, 0.2) is 0 Å². The Hall–Kier alpha value is -5.05. The first-order valence-electron chi connectivity index (χ1n) is 12.2. The van der Waals surface area contributed by atoms with Crippen molar-refractivity contribution in [1.82, 2.24) is 24.0 Å². The molecule has 0 bridgehead atoms. The number of amides is 1. The molecule has 6 rings (SSSR count). The number of nitrogens with one attached hydrogen (secondary N) is 1. The summed E-state index contributed by atoms with van der Waals surface area (Å²) < 4.78 is 34.7. The van der Waals surface area contributed by atoms with E-state index in [1.807, 2.05) is 34.9 Å². The Kier molecular flexibility index (Phi) is 5.64. The maximum atomic E-state index is 15.0. The summed E-state index contributed by atoms with van der Waals surface area (Å²) in [6.07, 6.45) is 0. The molecule has 0 radical (unpaired) electrons. The third-order valence-corrected chi connectivity index (χ3v) is 7.06. The van der Waals surface area contributed by atoms with Crippen LogP contribution in [0.1, 0.15) is 10.4 Å². The van der Waals surface area contributed by atoms with Crippen molar-refractivity contribution in [2.45, 2.75) is 0 Å². The molecule has 0 atom stereocenters. The number of hydrogen-bond acceptors (Lipinski definition) is 3. The topological polar surface area (TPSA) is 73.8 Å². The van der Waals surface area contributed by atoms with Crippen LogP contribution >= 0.6 is 0 Å². The van der Waals surface area contributed by atoms with Gasteiger partial charge in [-0.15, -0.1) is 0 Å². The molecular weight excluding hydrogens is 500 g/mol. The molecule has 0 saturated heterocycles. The molecule has 2 aromatic heterocycles. The number of carbonyl (C=O) groups is 1. The van der Waals surface area contributed by atoms with Gasteiger partial charge < -0.3 is 5.32 Å². The zero-order chi connectivity index (χ0) is 27.4. The molecule has 7 nitrogen and oxygen atoms in total. The van der Waals surface area contributed by atoms with Crippen LogP contribution < -0.4 is 11.0 Å². The Bertz CT molecular complexity index is 2000. The second kappa shape index (κ2) is 9.05. The van der Waals surface area contributed by atoms with Crippen LogP contribution in [0.2, 0.25) is 0 Å². The van der Waals surface area contributed by atoms with Gasteiger partial charge in [-0.2, -0.15) is 0 Å². The van der Waals surface area contributed by atoms with Crippen LogP contribution in [-0.4, -0.2) is 31.6 Å². The van der Waals surface area contributed by atoms with E-state index >= 15 is 4.39 Å². The number of benzene rings is 4. The molecular formula is C30H23F2N5O2. The average molecular weight is 524 g/mol. The van der Waals surface area contributed by atoms with Crippen LogP contribution in [0, 0.1) is 11.6 Å². The van der Waals surface area contributed by atoms with Gasteiger partial charge in [0.1, 0.15) is 17.5 Å². The number of rotatable bonds is 4. The van der Waals surface area contributed by atoms with Crippen molar-refractivity contribution in [3.8, 4) is 28.2 Å². The maximum Gasteiger partial charge on any atom is 0.328 e. The summed E-state index contributed by atoms with van der Waals surface area (Å²) >= 11 is 0. The van der Waals surface area contributed by atoms with E-state index in [1.54, 1.807) is 53.6 Å². The van der Waals surface area contributed by atoms with Gasteiger partial charge in [0.05, 0.1) is 33.2 Å². The van der Waals surface area contributed by atoms with E-state index < -0.39 is 17.5 Å². The Morgan fingerprint density at radius 3 is 2.23 bits per heavy atom.